The van der Waals surface area contributed by atoms with Crippen molar-refractivity contribution in [1.82, 2.24) is 5.32 Å². The van der Waals surface area contributed by atoms with Gasteiger partial charge in [-0.05, 0) is 63.8 Å². The van der Waals surface area contributed by atoms with Crippen molar-refractivity contribution in [1.29, 1.82) is 0 Å². The molecule has 1 atom stereocenters. The van der Waals surface area contributed by atoms with Crippen LogP contribution in [0.4, 0.5) is 5.69 Å². The van der Waals surface area contributed by atoms with E-state index < -0.39 is 0 Å². The fourth-order valence-electron chi connectivity index (χ4n) is 3.09. The van der Waals surface area contributed by atoms with Crippen LogP contribution in [0.1, 0.15) is 34.7 Å². The number of benzene rings is 2. The molecule has 0 unspecified atom stereocenters. The summed E-state index contributed by atoms with van der Waals surface area (Å²) in [5.74, 6) is -0.364. The van der Waals surface area contributed by atoms with Crippen molar-refractivity contribution in [2.75, 3.05) is 11.9 Å². The van der Waals surface area contributed by atoms with Crippen molar-refractivity contribution in [2.24, 2.45) is 0 Å². The molecule has 0 spiro atoms. The molecule has 0 aliphatic carbocycles. The first-order valence-corrected chi connectivity index (χ1v) is 9.95. The first kappa shape index (κ1) is 21.0. The van der Waals surface area contributed by atoms with Crippen LogP contribution in [-0.4, -0.2) is 23.6 Å². The number of thioether (sulfide) groups is 1. The number of amides is 2. The highest BCUT2D eigenvalue weighted by molar-refractivity contribution is 8.00. The zero-order valence-corrected chi connectivity index (χ0v) is 17.7. The second kappa shape index (κ2) is 9.09. The van der Waals surface area contributed by atoms with Gasteiger partial charge in [-0.2, -0.15) is 0 Å². The lowest BCUT2D eigenvalue weighted by Gasteiger charge is -2.16. The largest absolute Gasteiger partial charge is 0.346 e. The average molecular weight is 385 g/mol. The minimum absolute atomic E-state index is 0.0383. The van der Waals surface area contributed by atoms with Crippen LogP contribution < -0.4 is 10.6 Å². The summed E-state index contributed by atoms with van der Waals surface area (Å²) < 4.78 is 0. The van der Waals surface area contributed by atoms with Gasteiger partial charge in [0.05, 0.1) is 11.8 Å². The van der Waals surface area contributed by atoms with Crippen molar-refractivity contribution in [2.45, 2.75) is 51.7 Å². The first-order valence-electron chi connectivity index (χ1n) is 9.07. The van der Waals surface area contributed by atoms with E-state index in [2.05, 4.69) is 43.5 Å². The molecule has 0 saturated carbocycles. The molecule has 0 aromatic heterocycles. The molecule has 0 bridgehead atoms. The highest BCUT2D eigenvalue weighted by Crippen LogP contribution is 2.30. The van der Waals surface area contributed by atoms with Crippen LogP contribution in [0.15, 0.2) is 35.2 Å². The Balaban J connectivity index is 1.92. The van der Waals surface area contributed by atoms with Gasteiger partial charge in [0.25, 0.3) is 0 Å². The molecule has 0 heterocycles. The summed E-state index contributed by atoms with van der Waals surface area (Å²) >= 11 is 1.53. The van der Waals surface area contributed by atoms with Crippen LogP contribution in [0.3, 0.4) is 0 Å². The molecule has 27 heavy (non-hydrogen) atoms. The molecule has 144 valence electrons. The zero-order valence-electron chi connectivity index (χ0n) is 16.9. The first-order chi connectivity index (χ1) is 12.7. The molecule has 0 fully saturated rings. The molecule has 0 radical (unpaired) electrons. The van der Waals surface area contributed by atoms with Gasteiger partial charge in [0, 0.05) is 10.6 Å². The number of anilines is 1. The smallest absolute Gasteiger partial charge is 0.243 e. The molecule has 0 aliphatic rings. The van der Waals surface area contributed by atoms with E-state index in [1.165, 1.54) is 28.5 Å². The maximum atomic E-state index is 12.4. The molecule has 2 rings (SSSR count). The maximum Gasteiger partial charge on any atom is 0.243 e. The number of aryl methyl sites for hydroxylation is 5. The van der Waals surface area contributed by atoms with E-state index in [1.54, 1.807) is 0 Å². The van der Waals surface area contributed by atoms with Gasteiger partial charge in [0.2, 0.25) is 11.8 Å². The quantitative estimate of drug-likeness (QED) is 0.723. The number of rotatable bonds is 6. The normalized spacial score (nSPS) is 11.8. The minimum Gasteiger partial charge on any atom is -0.346 e. The van der Waals surface area contributed by atoms with E-state index in [9.17, 15) is 9.59 Å². The third-order valence-electron chi connectivity index (χ3n) is 4.44. The van der Waals surface area contributed by atoms with Gasteiger partial charge in [-0.25, -0.2) is 0 Å². The van der Waals surface area contributed by atoms with Crippen LogP contribution in [0.2, 0.25) is 0 Å². The van der Waals surface area contributed by atoms with E-state index in [-0.39, 0.29) is 23.6 Å². The van der Waals surface area contributed by atoms with Gasteiger partial charge >= 0.3 is 0 Å². The lowest BCUT2D eigenvalue weighted by Crippen LogP contribution is -2.37. The van der Waals surface area contributed by atoms with Gasteiger partial charge in [-0.1, -0.05) is 35.9 Å². The van der Waals surface area contributed by atoms with Gasteiger partial charge in [-0.3, -0.25) is 9.59 Å². The molecular formula is C22H28N2O2S. The molecule has 4 nitrogen and oxygen atoms in total. The Hall–Kier alpha value is -2.27. The molecule has 2 N–H and O–H groups in total. The van der Waals surface area contributed by atoms with Crippen LogP contribution >= 0.6 is 11.8 Å². The summed E-state index contributed by atoms with van der Waals surface area (Å²) in [5, 5.41) is 5.35. The van der Waals surface area contributed by atoms with Gasteiger partial charge in [0.1, 0.15) is 0 Å². The summed E-state index contributed by atoms with van der Waals surface area (Å²) in [7, 11) is 0. The number of carbonyl (C=O) groups is 2. The minimum atomic E-state index is -0.280. The molecule has 2 aromatic rings. The number of hydrogen-bond donors (Lipinski definition) is 2. The van der Waals surface area contributed by atoms with Crippen molar-refractivity contribution in [3.63, 3.8) is 0 Å². The average Bonchev–Trinajstić information content (AvgIpc) is 2.59. The van der Waals surface area contributed by atoms with Crippen LogP contribution in [-0.2, 0) is 9.59 Å². The standard InChI is InChI=1S/C22H28N2O2S/c1-13-10-16(4)21(17(5)11-13)27-18(6)22(26)23-12-19(25)24-20-14(2)8-7-9-15(20)3/h7-11,18H,12H2,1-6H3,(H,23,26)(H,24,25)/t18-/m0/s1. The van der Waals surface area contributed by atoms with E-state index in [4.69, 9.17) is 0 Å². The van der Waals surface area contributed by atoms with Crippen molar-refractivity contribution in [3.05, 3.63) is 58.1 Å². The highest BCUT2D eigenvalue weighted by Gasteiger charge is 2.18. The summed E-state index contributed by atoms with van der Waals surface area (Å²) in [5.41, 5.74) is 6.38. The van der Waals surface area contributed by atoms with E-state index in [0.29, 0.717) is 0 Å². The van der Waals surface area contributed by atoms with Gasteiger partial charge in [-0.15, -0.1) is 11.8 Å². The fourth-order valence-corrected chi connectivity index (χ4v) is 4.12. The third-order valence-corrected chi connectivity index (χ3v) is 5.88. The lowest BCUT2D eigenvalue weighted by atomic mass is 10.1. The Morgan fingerprint density at radius 2 is 1.52 bits per heavy atom. The van der Waals surface area contributed by atoms with Crippen molar-refractivity contribution in [3.8, 4) is 0 Å². The number of carbonyl (C=O) groups excluding carboxylic acids is 2. The molecule has 5 heteroatoms. The molecule has 0 aliphatic heterocycles. The Morgan fingerprint density at radius 3 is 2.07 bits per heavy atom. The van der Waals surface area contributed by atoms with Crippen LogP contribution in [0.5, 0.6) is 0 Å². The Morgan fingerprint density at radius 1 is 0.963 bits per heavy atom. The summed E-state index contributed by atoms with van der Waals surface area (Å²) in [6.07, 6.45) is 0. The predicted octanol–water partition coefficient (Wildman–Crippen LogP) is 4.46. The van der Waals surface area contributed by atoms with Crippen molar-refractivity contribution < 1.29 is 9.59 Å². The SMILES string of the molecule is Cc1cc(C)c(S[C@@H](C)C(=O)NCC(=O)Nc2c(C)cccc2C)c(C)c1. The predicted molar refractivity (Wildman–Crippen MR) is 114 cm³/mol. The Kier molecular flexibility index (Phi) is 7.08. The number of nitrogens with one attached hydrogen (secondary N) is 2. The molecule has 2 aromatic carbocycles. The Labute approximate surface area is 166 Å². The third kappa shape index (κ3) is 5.60. The second-order valence-electron chi connectivity index (χ2n) is 7.02. The monoisotopic (exact) mass is 384 g/mol. The molecule has 2 amide bonds. The zero-order chi connectivity index (χ0) is 20.1. The molecule has 0 saturated heterocycles. The second-order valence-corrected chi connectivity index (χ2v) is 8.37. The topological polar surface area (TPSA) is 58.2 Å². The highest BCUT2D eigenvalue weighted by atomic mass is 32.2. The van der Waals surface area contributed by atoms with Crippen LogP contribution in [0, 0.1) is 34.6 Å². The Bertz CT molecular complexity index is 818. The van der Waals surface area contributed by atoms with E-state index >= 15 is 0 Å². The van der Waals surface area contributed by atoms with E-state index in [1.807, 2.05) is 39.0 Å². The fraction of sp³-hybridized carbons (Fsp3) is 0.364. The van der Waals surface area contributed by atoms with E-state index in [0.717, 1.165) is 21.7 Å². The number of para-hydroxylation sites is 1. The maximum absolute atomic E-state index is 12.4. The lowest BCUT2D eigenvalue weighted by molar-refractivity contribution is -0.123. The summed E-state index contributed by atoms with van der Waals surface area (Å²) in [6.45, 7) is 11.9. The van der Waals surface area contributed by atoms with Crippen molar-refractivity contribution >= 4 is 29.3 Å². The summed E-state index contributed by atoms with van der Waals surface area (Å²) in [4.78, 5) is 25.8. The van der Waals surface area contributed by atoms with Crippen LogP contribution in [0.25, 0.3) is 0 Å². The summed E-state index contributed by atoms with van der Waals surface area (Å²) in [6, 6.07) is 10.1. The molecular weight excluding hydrogens is 356 g/mol. The number of hydrogen-bond acceptors (Lipinski definition) is 3. The van der Waals surface area contributed by atoms with Gasteiger partial charge in [0.15, 0.2) is 0 Å². The van der Waals surface area contributed by atoms with Gasteiger partial charge < -0.3 is 10.6 Å².